The number of allylic oxidation sites excluding steroid dienone is 8. The normalized spacial score (nSPS) is 18.6. The van der Waals surface area contributed by atoms with E-state index >= 15 is 0 Å². The van der Waals surface area contributed by atoms with Crippen LogP contribution in [0, 0.1) is 11.3 Å². The van der Waals surface area contributed by atoms with Crippen LogP contribution in [0.15, 0.2) is 88.7 Å². The van der Waals surface area contributed by atoms with Gasteiger partial charge in [0.25, 0.3) is 0 Å². The van der Waals surface area contributed by atoms with Crippen LogP contribution in [0.25, 0.3) is 11.1 Å². The van der Waals surface area contributed by atoms with Crippen LogP contribution < -0.4 is 16.5 Å². The maximum absolute atomic E-state index is 12.7. The Labute approximate surface area is 250 Å². The molecule has 6 rings (SSSR count). The molecule has 3 aliphatic rings. The van der Waals surface area contributed by atoms with E-state index in [-0.39, 0.29) is 5.91 Å². The molecule has 7 nitrogen and oxygen atoms in total. The molecular weight excluding hydrogens is 540 g/mol. The minimum absolute atomic E-state index is 0.0247. The van der Waals surface area contributed by atoms with Gasteiger partial charge < -0.3 is 21.5 Å². The van der Waals surface area contributed by atoms with Crippen molar-refractivity contribution in [1.29, 1.82) is 0 Å². The smallest absolute Gasteiger partial charge is 0.229 e. The second-order valence-corrected chi connectivity index (χ2v) is 13.1. The molecule has 8 heteroatoms. The van der Waals surface area contributed by atoms with Crippen molar-refractivity contribution in [2.75, 3.05) is 0 Å². The molecule has 3 aromatic heterocycles. The number of aromatic amines is 1. The number of carbonyl (C=O) groups excluding carboxylic acids is 1. The number of hydrazone groups is 1. The number of H-pyrrole nitrogens is 1. The fourth-order valence-corrected chi connectivity index (χ4v) is 5.86. The summed E-state index contributed by atoms with van der Waals surface area (Å²) in [7, 11) is 0. The molecule has 4 heterocycles. The Bertz CT molecular complexity index is 1740. The predicted octanol–water partition coefficient (Wildman–Crippen LogP) is 6.18. The van der Waals surface area contributed by atoms with Gasteiger partial charge >= 0.3 is 0 Å². The first-order valence-corrected chi connectivity index (χ1v) is 15.1. The molecule has 1 saturated carbocycles. The van der Waals surface area contributed by atoms with Crippen LogP contribution in [0.3, 0.4) is 0 Å². The third-order valence-corrected chi connectivity index (χ3v) is 8.53. The Morgan fingerprint density at radius 3 is 2.76 bits per heavy atom. The minimum Gasteiger partial charge on any atom is -0.402 e. The van der Waals surface area contributed by atoms with Gasteiger partial charge in [0.15, 0.2) is 0 Å². The van der Waals surface area contributed by atoms with Crippen LogP contribution in [0.5, 0.6) is 0 Å². The van der Waals surface area contributed by atoms with Gasteiger partial charge in [0.2, 0.25) is 5.91 Å². The highest BCUT2D eigenvalue weighted by atomic mass is 32.1. The van der Waals surface area contributed by atoms with E-state index < -0.39 is 5.41 Å². The molecule has 0 spiro atoms. The maximum Gasteiger partial charge on any atom is 0.229 e. The van der Waals surface area contributed by atoms with Crippen molar-refractivity contribution >= 4 is 34.1 Å². The summed E-state index contributed by atoms with van der Waals surface area (Å²) in [4.78, 5) is 22.6. The number of carbonyl (C=O) groups is 1. The SMILES string of the molecule is C=C1CC1/C=C(\C=C(/C)NC(=O)C(C)(C)C)c1ccc2c(n1)C(c1cc3c([nH]1)CC(N)=CC=C3c1cccs1)=NNC2. The first-order valence-electron chi connectivity index (χ1n) is 14.2. The molecule has 1 atom stereocenters. The molecular formula is C34H36N6OS. The van der Waals surface area contributed by atoms with Gasteiger partial charge in [0, 0.05) is 56.4 Å². The van der Waals surface area contributed by atoms with Crippen LogP contribution in [-0.4, -0.2) is 21.6 Å². The summed E-state index contributed by atoms with van der Waals surface area (Å²) in [5, 5.41) is 9.87. The topological polar surface area (TPSA) is 108 Å². The van der Waals surface area contributed by atoms with Crippen molar-refractivity contribution in [2.24, 2.45) is 22.2 Å². The summed E-state index contributed by atoms with van der Waals surface area (Å²) in [5.74, 6) is 0.290. The van der Waals surface area contributed by atoms with E-state index in [4.69, 9.17) is 15.8 Å². The average Bonchev–Trinajstić information content (AvgIpc) is 3.28. The average molecular weight is 577 g/mol. The monoisotopic (exact) mass is 576 g/mol. The number of aromatic nitrogens is 2. The van der Waals surface area contributed by atoms with Crippen molar-refractivity contribution < 1.29 is 4.79 Å². The van der Waals surface area contributed by atoms with Crippen molar-refractivity contribution in [1.82, 2.24) is 20.7 Å². The zero-order chi connectivity index (χ0) is 29.6. The molecule has 1 fully saturated rings. The van der Waals surface area contributed by atoms with Gasteiger partial charge in [-0.1, -0.05) is 57.2 Å². The highest BCUT2D eigenvalue weighted by Crippen LogP contribution is 2.39. The van der Waals surface area contributed by atoms with E-state index in [9.17, 15) is 4.79 Å². The van der Waals surface area contributed by atoms with Gasteiger partial charge in [0.05, 0.1) is 23.6 Å². The Morgan fingerprint density at radius 1 is 1.24 bits per heavy atom. The zero-order valence-electron chi connectivity index (χ0n) is 24.5. The third-order valence-electron chi connectivity index (χ3n) is 7.63. The molecule has 214 valence electrons. The molecule has 0 radical (unpaired) electrons. The number of pyridine rings is 1. The number of nitrogens with one attached hydrogen (secondary N) is 3. The van der Waals surface area contributed by atoms with Crippen LogP contribution in [0.1, 0.15) is 72.9 Å². The number of hydrogen-bond donors (Lipinski definition) is 4. The minimum atomic E-state index is -0.487. The number of amides is 1. The van der Waals surface area contributed by atoms with Gasteiger partial charge in [-0.25, -0.2) is 4.98 Å². The molecule has 1 aliphatic heterocycles. The highest BCUT2D eigenvalue weighted by molar-refractivity contribution is 7.11. The molecule has 0 saturated heterocycles. The Kier molecular flexibility index (Phi) is 7.10. The lowest BCUT2D eigenvalue weighted by Crippen LogP contribution is -2.33. The highest BCUT2D eigenvalue weighted by Gasteiger charge is 2.28. The summed E-state index contributed by atoms with van der Waals surface area (Å²) in [6.07, 6.45) is 9.90. The Hall–Kier alpha value is -4.43. The standard InChI is InChI=1S/C34H36N6OS/c1-19-13-22(19)15-23(14-20(2)37-33(41)34(3,4)5)27-11-8-21-18-36-40-32(31(21)39-27)29-17-26-25(30-7-6-12-42-30)10-9-24(35)16-28(26)38-29/h6-12,14-15,17,22,36,38H,1,13,16,18,35H2,2-5H3,(H,37,41)/b20-14+,23-15+. The summed E-state index contributed by atoms with van der Waals surface area (Å²) in [6.45, 7) is 12.4. The largest absolute Gasteiger partial charge is 0.402 e. The zero-order valence-corrected chi connectivity index (χ0v) is 25.3. The van der Waals surface area contributed by atoms with Crippen molar-refractivity contribution in [2.45, 2.75) is 47.1 Å². The molecule has 5 N–H and O–H groups in total. The second-order valence-electron chi connectivity index (χ2n) is 12.2. The van der Waals surface area contributed by atoms with E-state index in [0.29, 0.717) is 18.9 Å². The Balaban J connectivity index is 1.38. The van der Waals surface area contributed by atoms with Crippen LogP contribution in [0.4, 0.5) is 0 Å². The lowest BCUT2D eigenvalue weighted by atomic mass is 9.95. The maximum atomic E-state index is 12.7. The van der Waals surface area contributed by atoms with Crippen LogP contribution in [-0.2, 0) is 17.8 Å². The van der Waals surface area contributed by atoms with Crippen molar-refractivity contribution in [3.8, 4) is 0 Å². The lowest BCUT2D eigenvalue weighted by Gasteiger charge is -2.19. The van der Waals surface area contributed by atoms with E-state index in [1.165, 1.54) is 10.5 Å². The van der Waals surface area contributed by atoms with E-state index in [1.807, 2.05) is 45.9 Å². The fourth-order valence-electron chi connectivity index (χ4n) is 5.10. The molecule has 3 aromatic rings. The third kappa shape index (κ3) is 5.67. The van der Waals surface area contributed by atoms with Gasteiger partial charge in [-0.05, 0) is 54.6 Å². The molecule has 42 heavy (non-hydrogen) atoms. The molecule has 1 unspecified atom stereocenters. The number of rotatable bonds is 6. The van der Waals surface area contributed by atoms with Gasteiger partial charge in [-0.15, -0.1) is 11.3 Å². The van der Waals surface area contributed by atoms with Gasteiger partial charge in [0.1, 0.15) is 5.71 Å². The van der Waals surface area contributed by atoms with Gasteiger partial charge in [-0.3, -0.25) is 4.79 Å². The molecule has 1 amide bonds. The lowest BCUT2D eigenvalue weighted by molar-refractivity contribution is -0.127. The molecule has 2 aliphatic carbocycles. The van der Waals surface area contributed by atoms with E-state index in [1.54, 1.807) is 11.3 Å². The number of nitrogens with two attached hydrogens (primary N) is 1. The summed E-state index contributed by atoms with van der Waals surface area (Å²) >= 11 is 1.71. The first kappa shape index (κ1) is 27.7. The number of nitrogens with zero attached hydrogens (tertiary/aromatic N) is 2. The summed E-state index contributed by atoms with van der Waals surface area (Å²) < 4.78 is 0. The van der Waals surface area contributed by atoms with Crippen LogP contribution in [0.2, 0.25) is 0 Å². The second kappa shape index (κ2) is 10.8. The van der Waals surface area contributed by atoms with E-state index in [2.05, 4.69) is 64.1 Å². The molecule has 0 aromatic carbocycles. The number of fused-ring (bicyclic) bond motifs is 2. The number of thiophene rings is 1. The van der Waals surface area contributed by atoms with E-state index in [0.717, 1.165) is 68.6 Å². The fraction of sp³-hybridized carbons (Fsp3) is 0.265. The first-order chi connectivity index (χ1) is 20.1. The number of hydrogen-bond acceptors (Lipinski definition) is 6. The Morgan fingerprint density at radius 2 is 2.05 bits per heavy atom. The van der Waals surface area contributed by atoms with Crippen molar-refractivity contribution in [3.63, 3.8) is 0 Å². The summed E-state index contributed by atoms with van der Waals surface area (Å²) in [5.41, 5.74) is 20.5. The summed E-state index contributed by atoms with van der Waals surface area (Å²) in [6, 6.07) is 10.5. The van der Waals surface area contributed by atoms with Crippen LogP contribution >= 0.6 is 11.3 Å². The quantitative estimate of drug-likeness (QED) is 0.208. The molecule has 0 bridgehead atoms. The predicted molar refractivity (Wildman–Crippen MR) is 171 cm³/mol. The van der Waals surface area contributed by atoms with Crippen molar-refractivity contribution in [3.05, 3.63) is 122 Å². The van der Waals surface area contributed by atoms with Gasteiger partial charge in [-0.2, -0.15) is 5.10 Å².